The summed E-state index contributed by atoms with van der Waals surface area (Å²) < 4.78 is 51.3. The third kappa shape index (κ3) is 5.79. The third-order valence-electron chi connectivity index (χ3n) is 2.86. The molecule has 0 spiro atoms. The lowest BCUT2D eigenvalue weighted by atomic mass is 10.2. The number of halogens is 3. The molecule has 0 unspecified atom stereocenters. The molecule has 0 aliphatic rings. The van der Waals surface area contributed by atoms with Crippen LogP contribution in [-0.2, 0) is 4.43 Å². The lowest BCUT2D eigenvalue weighted by Gasteiger charge is -2.18. The molecule has 0 atom stereocenters. The zero-order chi connectivity index (χ0) is 18.6. The molecule has 0 fully saturated rings. The molecule has 2 aromatic carbocycles. The van der Waals surface area contributed by atoms with Crippen LogP contribution in [0.1, 0.15) is 5.56 Å². The van der Waals surface area contributed by atoms with Crippen LogP contribution < -0.4 is 4.74 Å². The van der Waals surface area contributed by atoms with Crippen LogP contribution in [0.15, 0.2) is 53.9 Å². The summed E-state index contributed by atoms with van der Waals surface area (Å²) in [5.41, 5.74) is 0.268. The van der Waals surface area contributed by atoms with E-state index in [0.717, 1.165) is 12.1 Å². The molecule has 2 rings (SSSR count). The van der Waals surface area contributed by atoms with Gasteiger partial charge in [-0.25, -0.2) is 18.2 Å². The molecule has 7 heteroatoms. The molecule has 0 saturated carbocycles. The normalized spacial score (nSPS) is 11.6. The van der Waals surface area contributed by atoms with Gasteiger partial charge in [-0.1, -0.05) is 0 Å². The molecular weight excluding hydrogens is 347 g/mol. The van der Waals surface area contributed by atoms with Gasteiger partial charge in [-0.15, -0.1) is 0 Å². The minimum Gasteiger partial charge on any atom is -0.532 e. The van der Waals surface area contributed by atoms with Gasteiger partial charge in [0.2, 0.25) is 8.32 Å². The van der Waals surface area contributed by atoms with Gasteiger partial charge >= 0.3 is 0 Å². The van der Waals surface area contributed by atoms with Gasteiger partial charge in [-0.05, 0) is 56.6 Å². The number of benzene rings is 2. The predicted molar refractivity (Wildman–Crippen MR) is 94.0 cm³/mol. The maximum absolute atomic E-state index is 13.7. The standard InChI is InChI=1S/C18H18F3NO2Si/c1-12(24-25(2,3)4)22-11-13-9-14(19)5-7-17(13)23-18-8-6-15(20)10-16(18)21/h5-11H,1H2,2-4H3. The number of nitrogens with zero attached hydrogens (tertiary/aromatic N) is 1. The van der Waals surface area contributed by atoms with Crippen molar-refractivity contribution in [3.05, 3.63) is 71.9 Å². The summed E-state index contributed by atoms with van der Waals surface area (Å²) in [7, 11) is -1.86. The molecule has 132 valence electrons. The highest BCUT2D eigenvalue weighted by atomic mass is 28.4. The molecule has 0 saturated heterocycles. The van der Waals surface area contributed by atoms with Gasteiger partial charge < -0.3 is 9.16 Å². The average molecular weight is 365 g/mol. The first-order chi connectivity index (χ1) is 11.6. The highest BCUT2D eigenvalue weighted by Gasteiger charge is 2.16. The molecule has 0 aromatic heterocycles. The molecule has 0 radical (unpaired) electrons. The van der Waals surface area contributed by atoms with Crippen molar-refractivity contribution in [2.24, 2.45) is 4.99 Å². The van der Waals surface area contributed by atoms with Gasteiger partial charge in [-0.2, -0.15) is 0 Å². The lowest BCUT2D eigenvalue weighted by Crippen LogP contribution is -2.24. The summed E-state index contributed by atoms with van der Waals surface area (Å²) in [6, 6.07) is 6.61. The fourth-order valence-electron chi connectivity index (χ4n) is 1.91. The van der Waals surface area contributed by atoms with Crippen LogP contribution in [0, 0.1) is 17.5 Å². The fourth-order valence-corrected chi connectivity index (χ4v) is 2.67. The SMILES string of the molecule is C=C(N=Cc1cc(F)ccc1Oc1ccc(F)cc1F)O[Si](C)(C)C. The average Bonchev–Trinajstić information content (AvgIpc) is 2.48. The van der Waals surface area contributed by atoms with Crippen LogP contribution in [-0.4, -0.2) is 14.5 Å². The van der Waals surface area contributed by atoms with Crippen LogP contribution in [0.3, 0.4) is 0 Å². The van der Waals surface area contributed by atoms with E-state index in [1.54, 1.807) is 0 Å². The maximum Gasteiger partial charge on any atom is 0.244 e. The monoisotopic (exact) mass is 365 g/mol. The summed E-state index contributed by atoms with van der Waals surface area (Å²) in [6.45, 7) is 9.62. The van der Waals surface area contributed by atoms with Crippen LogP contribution in [0.25, 0.3) is 0 Å². The van der Waals surface area contributed by atoms with Crippen molar-refractivity contribution in [3.63, 3.8) is 0 Å². The van der Waals surface area contributed by atoms with Gasteiger partial charge in [0.25, 0.3) is 0 Å². The first kappa shape index (κ1) is 18.8. The van der Waals surface area contributed by atoms with Crippen molar-refractivity contribution in [3.8, 4) is 11.5 Å². The van der Waals surface area contributed by atoms with Crippen molar-refractivity contribution >= 4 is 14.5 Å². The summed E-state index contributed by atoms with van der Waals surface area (Å²) in [5.74, 6) is -1.91. The van der Waals surface area contributed by atoms with E-state index in [9.17, 15) is 13.2 Å². The number of hydrogen-bond acceptors (Lipinski definition) is 3. The third-order valence-corrected chi connectivity index (χ3v) is 3.71. The van der Waals surface area contributed by atoms with E-state index in [0.29, 0.717) is 6.07 Å². The maximum atomic E-state index is 13.7. The molecule has 25 heavy (non-hydrogen) atoms. The second-order valence-electron chi connectivity index (χ2n) is 6.23. The van der Waals surface area contributed by atoms with Gasteiger partial charge in [0.05, 0.1) is 0 Å². The minimum absolute atomic E-state index is 0.163. The Bertz CT molecular complexity index is 816. The predicted octanol–water partition coefficient (Wildman–Crippen LogP) is 5.64. The van der Waals surface area contributed by atoms with Crippen LogP contribution in [0.5, 0.6) is 11.5 Å². The van der Waals surface area contributed by atoms with Crippen LogP contribution in [0.4, 0.5) is 13.2 Å². The van der Waals surface area contributed by atoms with E-state index in [1.807, 2.05) is 19.6 Å². The minimum atomic E-state index is -1.86. The topological polar surface area (TPSA) is 30.8 Å². The highest BCUT2D eigenvalue weighted by Crippen LogP contribution is 2.28. The summed E-state index contributed by atoms with van der Waals surface area (Å²) in [4.78, 5) is 4.05. The van der Waals surface area contributed by atoms with E-state index in [2.05, 4.69) is 11.6 Å². The molecule has 2 aromatic rings. The molecule has 0 heterocycles. The fraction of sp³-hybridized carbons (Fsp3) is 0.167. The Hall–Kier alpha value is -2.54. The smallest absolute Gasteiger partial charge is 0.244 e. The van der Waals surface area contributed by atoms with E-state index >= 15 is 0 Å². The Morgan fingerprint density at radius 1 is 1.00 bits per heavy atom. The van der Waals surface area contributed by atoms with Crippen molar-refractivity contribution in [2.75, 3.05) is 0 Å². The van der Waals surface area contributed by atoms with E-state index in [1.165, 1.54) is 24.4 Å². The Balaban J connectivity index is 2.26. The molecule has 3 nitrogen and oxygen atoms in total. The summed E-state index contributed by atoms with van der Waals surface area (Å²) in [6.07, 6.45) is 1.32. The second kappa shape index (κ2) is 7.56. The van der Waals surface area contributed by atoms with Crippen molar-refractivity contribution < 1.29 is 22.3 Å². The van der Waals surface area contributed by atoms with Crippen molar-refractivity contribution in [1.82, 2.24) is 0 Å². The molecule has 0 N–H and O–H groups in total. The first-order valence-electron chi connectivity index (χ1n) is 7.48. The Morgan fingerprint density at radius 3 is 2.20 bits per heavy atom. The molecule has 0 bridgehead atoms. The number of rotatable bonds is 6. The van der Waals surface area contributed by atoms with E-state index in [-0.39, 0.29) is 22.9 Å². The summed E-state index contributed by atoms with van der Waals surface area (Å²) in [5, 5.41) is 0. The van der Waals surface area contributed by atoms with E-state index in [4.69, 9.17) is 9.16 Å². The van der Waals surface area contributed by atoms with Crippen LogP contribution >= 0.6 is 0 Å². The van der Waals surface area contributed by atoms with Crippen molar-refractivity contribution in [2.45, 2.75) is 19.6 Å². The van der Waals surface area contributed by atoms with Crippen LogP contribution in [0.2, 0.25) is 19.6 Å². The largest absolute Gasteiger partial charge is 0.532 e. The zero-order valence-electron chi connectivity index (χ0n) is 14.1. The highest BCUT2D eigenvalue weighted by molar-refractivity contribution is 6.70. The Morgan fingerprint density at radius 2 is 1.60 bits per heavy atom. The molecule has 0 amide bonds. The number of ether oxygens (including phenoxy) is 1. The molecule has 0 aliphatic carbocycles. The van der Waals surface area contributed by atoms with Gasteiger partial charge in [-0.3, -0.25) is 0 Å². The Kier molecular flexibility index (Phi) is 5.68. The van der Waals surface area contributed by atoms with Crippen molar-refractivity contribution in [1.29, 1.82) is 0 Å². The van der Waals surface area contributed by atoms with Gasteiger partial charge in [0.1, 0.15) is 17.4 Å². The quantitative estimate of drug-likeness (QED) is 0.377. The van der Waals surface area contributed by atoms with Gasteiger partial charge in [0.15, 0.2) is 17.4 Å². The first-order valence-corrected chi connectivity index (χ1v) is 10.9. The molecule has 0 aliphatic heterocycles. The second-order valence-corrected chi connectivity index (χ2v) is 10.7. The number of hydrogen-bond donors (Lipinski definition) is 0. The summed E-state index contributed by atoms with van der Waals surface area (Å²) >= 11 is 0. The zero-order valence-corrected chi connectivity index (χ0v) is 15.1. The number of aliphatic imine (C=N–C) groups is 1. The lowest BCUT2D eigenvalue weighted by molar-refractivity contribution is 0.420. The van der Waals surface area contributed by atoms with Gasteiger partial charge in [0, 0.05) is 17.8 Å². The Labute approximate surface area is 145 Å². The molecular formula is C18H18F3NO2Si. The van der Waals surface area contributed by atoms with E-state index < -0.39 is 25.8 Å².